The molecule has 1 unspecified atom stereocenters. The lowest BCUT2D eigenvalue weighted by Crippen LogP contribution is -2.48. The number of halogens is 1. The second-order valence-corrected chi connectivity index (χ2v) is 9.72. The van der Waals surface area contributed by atoms with Gasteiger partial charge in [0.1, 0.15) is 23.9 Å². The first kappa shape index (κ1) is 23.2. The van der Waals surface area contributed by atoms with Gasteiger partial charge in [0, 0.05) is 16.6 Å². The third-order valence-corrected chi connectivity index (χ3v) is 7.26. The molecule has 35 heavy (non-hydrogen) atoms. The summed E-state index contributed by atoms with van der Waals surface area (Å²) < 4.78 is 15.8. The predicted molar refractivity (Wildman–Crippen MR) is 133 cm³/mol. The van der Waals surface area contributed by atoms with Crippen molar-refractivity contribution in [1.29, 1.82) is 0 Å². The number of nitrogens with one attached hydrogen (secondary N) is 1. The molecule has 9 heteroatoms. The van der Waals surface area contributed by atoms with Crippen molar-refractivity contribution in [2.24, 2.45) is 0 Å². The molecule has 2 heterocycles. The lowest BCUT2D eigenvalue weighted by molar-refractivity contribution is -0.127. The van der Waals surface area contributed by atoms with Gasteiger partial charge in [-0.15, -0.1) is 16.4 Å². The summed E-state index contributed by atoms with van der Waals surface area (Å²) in [6.07, 6.45) is 5.14. The van der Waals surface area contributed by atoms with Gasteiger partial charge >= 0.3 is 0 Å². The quantitative estimate of drug-likeness (QED) is 0.401. The van der Waals surface area contributed by atoms with Gasteiger partial charge in [0.15, 0.2) is 0 Å². The van der Waals surface area contributed by atoms with Crippen molar-refractivity contribution in [3.63, 3.8) is 0 Å². The monoisotopic (exact) mass is 491 g/mol. The molecular formula is C26H26FN5O2S. The van der Waals surface area contributed by atoms with Crippen LogP contribution in [0.15, 0.2) is 66.0 Å². The number of aromatic nitrogens is 3. The molecule has 0 saturated heterocycles. The molecule has 1 atom stereocenters. The highest BCUT2D eigenvalue weighted by Crippen LogP contribution is 2.32. The molecule has 1 saturated carbocycles. The maximum absolute atomic E-state index is 14.3. The zero-order chi connectivity index (χ0) is 24.2. The second-order valence-electron chi connectivity index (χ2n) is 8.74. The number of thiophene rings is 1. The van der Waals surface area contributed by atoms with E-state index >= 15 is 0 Å². The molecule has 0 radical (unpaired) electrons. The Morgan fingerprint density at radius 3 is 2.69 bits per heavy atom. The van der Waals surface area contributed by atoms with E-state index in [2.05, 4.69) is 15.6 Å². The smallest absolute Gasteiger partial charge is 0.249 e. The van der Waals surface area contributed by atoms with Crippen molar-refractivity contribution >= 4 is 39.9 Å². The van der Waals surface area contributed by atoms with Gasteiger partial charge in [0.25, 0.3) is 0 Å². The number of hydrogen-bond acceptors (Lipinski definition) is 5. The molecule has 2 aromatic heterocycles. The van der Waals surface area contributed by atoms with E-state index in [1.807, 2.05) is 41.8 Å². The SMILES string of the molecule is O=C(NC1CCCCC1)C(c1cccs1)N(C(=O)Cn1nnc2ccccc21)c1cccc(F)c1. The number of carbonyl (C=O) groups excluding carboxylic acids is 2. The first-order valence-corrected chi connectivity index (χ1v) is 12.7. The molecule has 2 amide bonds. The Balaban J connectivity index is 1.52. The molecule has 4 aromatic rings. The fourth-order valence-corrected chi connectivity index (χ4v) is 5.46. The average Bonchev–Trinajstić information content (AvgIpc) is 3.53. The van der Waals surface area contributed by atoms with Crippen LogP contribution in [0.4, 0.5) is 10.1 Å². The molecule has 7 nitrogen and oxygen atoms in total. The largest absolute Gasteiger partial charge is 0.351 e. The molecular weight excluding hydrogens is 465 g/mol. The Bertz CT molecular complexity index is 1320. The fourth-order valence-electron chi connectivity index (χ4n) is 4.65. The minimum atomic E-state index is -0.930. The molecule has 1 aliphatic carbocycles. The Morgan fingerprint density at radius 1 is 1.09 bits per heavy atom. The van der Waals surface area contributed by atoms with Gasteiger partial charge < -0.3 is 5.32 Å². The molecule has 1 fully saturated rings. The molecule has 5 rings (SSSR count). The van der Waals surface area contributed by atoms with E-state index in [1.165, 1.54) is 39.5 Å². The number of benzene rings is 2. The van der Waals surface area contributed by atoms with E-state index in [0.29, 0.717) is 21.6 Å². The van der Waals surface area contributed by atoms with Gasteiger partial charge in [-0.1, -0.05) is 48.7 Å². The van der Waals surface area contributed by atoms with Crippen molar-refractivity contribution in [2.75, 3.05) is 4.90 Å². The van der Waals surface area contributed by atoms with Crippen LogP contribution < -0.4 is 10.2 Å². The van der Waals surface area contributed by atoms with Crippen LogP contribution in [0.25, 0.3) is 11.0 Å². The molecule has 180 valence electrons. The van der Waals surface area contributed by atoms with Gasteiger partial charge in [0.05, 0.1) is 5.52 Å². The maximum Gasteiger partial charge on any atom is 0.249 e. The summed E-state index contributed by atoms with van der Waals surface area (Å²) in [6.45, 7) is -0.143. The molecule has 1 N–H and O–H groups in total. The van der Waals surface area contributed by atoms with Gasteiger partial charge in [-0.25, -0.2) is 9.07 Å². The third kappa shape index (κ3) is 5.09. The topological polar surface area (TPSA) is 80.1 Å². The summed E-state index contributed by atoms with van der Waals surface area (Å²) in [4.78, 5) is 29.6. The lowest BCUT2D eigenvalue weighted by Gasteiger charge is -2.32. The minimum absolute atomic E-state index is 0.0717. The number of carbonyl (C=O) groups is 2. The zero-order valence-electron chi connectivity index (χ0n) is 19.1. The summed E-state index contributed by atoms with van der Waals surface area (Å²) in [7, 11) is 0. The first-order chi connectivity index (χ1) is 17.1. The minimum Gasteiger partial charge on any atom is -0.351 e. The summed E-state index contributed by atoms with van der Waals surface area (Å²) in [5.41, 5.74) is 1.69. The van der Waals surface area contributed by atoms with Crippen LogP contribution in [0.1, 0.15) is 43.0 Å². The van der Waals surface area contributed by atoms with Crippen LogP contribution in [0.5, 0.6) is 0 Å². The highest BCUT2D eigenvalue weighted by atomic mass is 32.1. The van der Waals surface area contributed by atoms with E-state index in [0.717, 1.165) is 25.7 Å². The van der Waals surface area contributed by atoms with E-state index in [9.17, 15) is 14.0 Å². The zero-order valence-corrected chi connectivity index (χ0v) is 20.0. The molecule has 0 bridgehead atoms. The Kier molecular flexibility index (Phi) is 6.85. The summed E-state index contributed by atoms with van der Waals surface area (Å²) >= 11 is 1.39. The molecule has 0 spiro atoms. The Morgan fingerprint density at radius 2 is 1.91 bits per heavy atom. The molecule has 0 aliphatic heterocycles. The highest BCUT2D eigenvalue weighted by molar-refractivity contribution is 7.10. The summed E-state index contributed by atoms with van der Waals surface area (Å²) in [5.74, 6) is -1.13. The normalized spacial score (nSPS) is 15.1. The number of amides is 2. The fraction of sp³-hybridized carbons (Fsp3) is 0.308. The van der Waals surface area contributed by atoms with Crippen molar-refractivity contribution in [1.82, 2.24) is 20.3 Å². The first-order valence-electron chi connectivity index (χ1n) is 11.8. The van der Waals surface area contributed by atoms with Crippen molar-refractivity contribution in [2.45, 2.75) is 50.7 Å². The standard InChI is InChI=1S/C26H26FN5O2S/c27-18-8-6-11-20(16-18)32(24(33)17-31-22-13-5-4-12-21(22)29-30-31)25(23-14-7-15-35-23)26(34)28-19-9-2-1-3-10-19/h4-8,11-16,19,25H,1-3,9-10,17H2,(H,28,34). The van der Waals surface area contributed by atoms with E-state index < -0.39 is 11.9 Å². The van der Waals surface area contributed by atoms with Gasteiger partial charge in [0.2, 0.25) is 11.8 Å². The average molecular weight is 492 g/mol. The number of hydrogen-bond donors (Lipinski definition) is 1. The number of fused-ring (bicyclic) bond motifs is 1. The number of nitrogens with zero attached hydrogens (tertiary/aromatic N) is 4. The van der Waals surface area contributed by atoms with Gasteiger partial charge in [-0.2, -0.15) is 0 Å². The second kappa shape index (κ2) is 10.4. The number of anilines is 1. The van der Waals surface area contributed by atoms with E-state index in [4.69, 9.17) is 0 Å². The van der Waals surface area contributed by atoms with Gasteiger partial charge in [-0.3, -0.25) is 14.5 Å². The van der Waals surface area contributed by atoms with Crippen LogP contribution in [-0.2, 0) is 16.1 Å². The highest BCUT2D eigenvalue weighted by Gasteiger charge is 2.35. The number of para-hydroxylation sites is 1. The maximum atomic E-state index is 14.3. The number of rotatable bonds is 7. The van der Waals surface area contributed by atoms with Crippen LogP contribution in [0.2, 0.25) is 0 Å². The molecule has 1 aliphatic rings. The van der Waals surface area contributed by atoms with Crippen LogP contribution in [-0.4, -0.2) is 32.9 Å². The lowest BCUT2D eigenvalue weighted by atomic mass is 9.95. The van der Waals surface area contributed by atoms with Gasteiger partial charge in [-0.05, 0) is 54.6 Å². The van der Waals surface area contributed by atoms with E-state index in [1.54, 1.807) is 12.1 Å². The van der Waals surface area contributed by atoms with E-state index in [-0.39, 0.29) is 24.4 Å². The predicted octanol–water partition coefficient (Wildman–Crippen LogP) is 4.86. The van der Waals surface area contributed by atoms with Crippen molar-refractivity contribution in [3.05, 3.63) is 76.7 Å². The Hall–Kier alpha value is -3.59. The summed E-state index contributed by atoms with van der Waals surface area (Å²) in [5, 5.41) is 13.3. The van der Waals surface area contributed by atoms with Crippen LogP contribution >= 0.6 is 11.3 Å². The third-order valence-electron chi connectivity index (χ3n) is 6.33. The van der Waals surface area contributed by atoms with Crippen LogP contribution in [0, 0.1) is 5.82 Å². The Labute approximate surface area is 206 Å². The molecule has 2 aromatic carbocycles. The van der Waals surface area contributed by atoms with Crippen molar-refractivity contribution in [3.8, 4) is 0 Å². The van der Waals surface area contributed by atoms with Crippen molar-refractivity contribution < 1.29 is 14.0 Å². The van der Waals surface area contributed by atoms with Crippen LogP contribution in [0.3, 0.4) is 0 Å². The summed E-state index contributed by atoms with van der Waals surface area (Å²) in [6, 6.07) is 16.0.